The number of hydrogen-bond acceptors (Lipinski definition) is 4. The molecule has 0 radical (unpaired) electrons. The van der Waals surface area contributed by atoms with Crippen LogP contribution in [0.25, 0.3) is 0 Å². The molecule has 2 aromatic rings. The van der Waals surface area contributed by atoms with Crippen LogP contribution in [0.1, 0.15) is 25.8 Å². The minimum Gasteiger partial charge on any atom is -0.491 e. The van der Waals surface area contributed by atoms with Gasteiger partial charge in [0.05, 0.1) is 6.10 Å². The number of ether oxygens (including phenoxy) is 1. The van der Waals surface area contributed by atoms with Crippen molar-refractivity contribution in [1.82, 2.24) is 4.31 Å². The molecule has 1 heterocycles. The van der Waals surface area contributed by atoms with E-state index in [0.29, 0.717) is 30.9 Å². The van der Waals surface area contributed by atoms with Crippen molar-refractivity contribution in [3.63, 3.8) is 0 Å². The molecule has 1 aliphatic carbocycles. The van der Waals surface area contributed by atoms with Crippen molar-refractivity contribution in [2.75, 3.05) is 11.9 Å². The number of amides is 1. The third kappa shape index (κ3) is 3.18. The summed E-state index contributed by atoms with van der Waals surface area (Å²) in [6, 6.07) is 16.4. The van der Waals surface area contributed by atoms with Crippen LogP contribution in [0.3, 0.4) is 0 Å². The first kappa shape index (κ1) is 19.0. The van der Waals surface area contributed by atoms with Crippen molar-refractivity contribution in [1.29, 1.82) is 0 Å². The Hall–Kier alpha value is -2.38. The fraction of sp³-hybridized carbons (Fsp3) is 0.381. The summed E-state index contributed by atoms with van der Waals surface area (Å²) < 4.78 is 31.9. The molecule has 2 fully saturated rings. The summed E-state index contributed by atoms with van der Waals surface area (Å²) in [4.78, 5) is 12.9. The van der Waals surface area contributed by atoms with Crippen LogP contribution in [0.5, 0.6) is 5.75 Å². The second kappa shape index (κ2) is 6.90. The van der Waals surface area contributed by atoms with Crippen molar-refractivity contribution in [3.05, 3.63) is 60.2 Å². The van der Waals surface area contributed by atoms with Crippen LogP contribution in [0, 0.1) is 5.92 Å². The van der Waals surface area contributed by atoms with Crippen LogP contribution in [0.4, 0.5) is 5.69 Å². The fourth-order valence-electron chi connectivity index (χ4n) is 3.87. The van der Waals surface area contributed by atoms with Crippen LogP contribution >= 0.6 is 0 Å². The predicted molar refractivity (Wildman–Crippen MR) is 107 cm³/mol. The SMILES string of the molecule is CC(C)Oc1ccc(NC(=O)[C@]23C[C@H]2CN(Cc2ccccc2)S3(=O)=O)cc1. The largest absolute Gasteiger partial charge is 0.491 e. The second-order valence-corrected chi connectivity index (χ2v) is 9.91. The highest BCUT2D eigenvalue weighted by Crippen LogP contribution is 2.58. The van der Waals surface area contributed by atoms with Gasteiger partial charge in [-0.3, -0.25) is 4.79 Å². The number of carbonyl (C=O) groups excluding carboxylic acids is 1. The summed E-state index contributed by atoms with van der Waals surface area (Å²) in [7, 11) is -3.70. The molecule has 4 rings (SSSR count). The van der Waals surface area contributed by atoms with Gasteiger partial charge in [-0.15, -0.1) is 0 Å². The van der Waals surface area contributed by atoms with Gasteiger partial charge in [-0.1, -0.05) is 30.3 Å². The lowest BCUT2D eigenvalue weighted by atomic mass is 10.2. The predicted octanol–water partition coefficient (Wildman–Crippen LogP) is 3.02. The number of nitrogens with one attached hydrogen (secondary N) is 1. The van der Waals surface area contributed by atoms with Crippen molar-refractivity contribution >= 4 is 21.6 Å². The monoisotopic (exact) mass is 400 g/mol. The number of nitrogens with zero attached hydrogens (tertiary/aromatic N) is 1. The summed E-state index contributed by atoms with van der Waals surface area (Å²) >= 11 is 0. The van der Waals surface area contributed by atoms with E-state index >= 15 is 0 Å². The normalized spacial score (nSPS) is 25.3. The zero-order valence-corrected chi connectivity index (χ0v) is 16.8. The van der Waals surface area contributed by atoms with Gasteiger partial charge < -0.3 is 10.1 Å². The second-order valence-electron chi connectivity index (χ2n) is 7.72. The molecule has 1 aliphatic heterocycles. The van der Waals surface area contributed by atoms with Crippen LogP contribution in [-0.4, -0.2) is 36.0 Å². The van der Waals surface area contributed by atoms with E-state index in [-0.39, 0.29) is 12.0 Å². The van der Waals surface area contributed by atoms with Gasteiger partial charge in [0, 0.05) is 24.7 Å². The first-order chi connectivity index (χ1) is 13.3. The van der Waals surface area contributed by atoms with E-state index in [1.54, 1.807) is 24.3 Å². The Bertz CT molecular complexity index is 973. The average molecular weight is 400 g/mol. The quantitative estimate of drug-likeness (QED) is 0.809. The Morgan fingerprint density at radius 3 is 2.50 bits per heavy atom. The minimum absolute atomic E-state index is 0.0609. The first-order valence-corrected chi connectivity index (χ1v) is 10.9. The van der Waals surface area contributed by atoms with E-state index in [1.807, 2.05) is 44.2 Å². The Balaban J connectivity index is 1.47. The maximum Gasteiger partial charge on any atom is 0.247 e. The maximum absolute atomic E-state index is 13.1. The molecule has 1 saturated carbocycles. The van der Waals surface area contributed by atoms with Gasteiger partial charge in [-0.25, -0.2) is 8.42 Å². The number of benzene rings is 2. The number of rotatable bonds is 6. The van der Waals surface area contributed by atoms with E-state index in [9.17, 15) is 13.2 Å². The summed E-state index contributed by atoms with van der Waals surface area (Å²) in [5.41, 5.74) is 1.49. The van der Waals surface area contributed by atoms with Gasteiger partial charge in [-0.05, 0) is 50.1 Å². The van der Waals surface area contributed by atoms with Gasteiger partial charge >= 0.3 is 0 Å². The Kier molecular flexibility index (Phi) is 4.67. The summed E-state index contributed by atoms with van der Waals surface area (Å²) in [6.07, 6.45) is 0.451. The third-order valence-electron chi connectivity index (χ3n) is 5.34. The minimum atomic E-state index is -3.70. The van der Waals surface area contributed by atoms with E-state index in [2.05, 4.69) is 5.32 Å². The molecule has 0 unspecified atom stereocenters. The molecule has 148 valence electrons. The molecule has 2 aliphatic rings. The lowest BCUT2D eigenvalue weighted by Crippen LogP contribution is -2.41. The first-order valence-electron chi connectivity index (χ1n) is 9.45. The lowest BCUT2D eigenvalue weighted by Gasteiger charge is -2.21. The van der Waals surface area contributed by atoms with E-state index in [4.69, 9.17) is 4.74 Å². The molecule has 0 aromatic heterocycles. The van der Waals surface area contributed by atoms with E-state index in [1.165, 1.54) is 4.31 Å². The Morgan fingerprint density at radius 1 is 1.18 bits per heavy atom. The van der Waals surface area contributed by atoms with Crippen LogP contribution in [0.15, 0.2) is 54.6 Å². The topological polar surface area (TPSA) is 75.7 Å². The summed E-state index contributed by atoms with van der Waals surface area (Å²) in [5.74, 6) is 0.119. The molecule has 1 amide bonds. The maximum atomic E-state index is 13.1. The van der Waals surface area contributed by atoms with E-state index in [0.717, 1.165) is 5.56 Å². The highest BCUT2D eigenvalue weighted by molar-refractivity contribution is 7.92. The Labute approximate surface area is 165 Å². The van der Waals surface area contributed by atoms with Crippen LogP contribution in [0.2, 0.25) is 0 Å². The molecule has 0 spiro atoms. The van der Waals surface area contributed by atoms with Crippen LogP contribution in [-0.2, 0) is 21.4 Å². The molecule has 2 aromatic carbocycles. The highest BCUT2D eigenvalue weighted by Gasteiger charge is 2.75. The molecule has 1 N–H and O–H groups in total. The molecule has 1 saturated heterocycles. The molecular weight excluding hydrogens is 376 g/mol. The molecule has 7 heteroatoms. The number of anilines is 1. The van der Waals surface area contributed by atoms with Gasteiger partial charge in [0.25, 0.3) is 0 Å². The Morgan fingerprint density at radius 2 is 1.86 bits per heavy atom. The lowest BCUT2D eigenvalue weighted by molar-refractivity contribution is -0.116. The molecule has 6 nitrogen and oxygen atoms in total. The smallest absolute Gasteiger partial charge is 0.247 e. The van der Waals surface area contributed by atoms with Crippen molar-refractivity contribution in [2.45, 2.75) is 37.7 Å². The molecule has 2 atom stereocenters. The number of carbonyl (C=O) groups is 1. The molecule has 28 heavy (non-hydrogen) atoms. The van der Waals surface area contributed by atoms with Crippen molar-refractivity contribution in [2.24, 2.45) is 5.92 Å². The zero-order valence-electron chi connectivity index (χ0n) is 16.0. The number of sulfonamides is 1. The van der Waals surface area contributed by atoms with Gasteiger partial charge in [0.2, 0.25) is 15.9 Å². The van der Waals surface area contributed by atoms with E-state index < -0.39 is 20.7 Å². The van der Waals surface area contributed by atoms with Crippen molar-refractivity contribution in [3.8, 4) is 5.75 Å². The number of fused-ring (bicyclic) bond motifs is 1. The molecule has 0 bridgehead atoms. The zero-order chi connectivity index (χ0) is 19.9. The average Bonchev–Trinajstić information content (AvgIpc) is 3.34. The standard InChI is InChI=1S/C21H24N2O4S/c1-15(2)27-19-10-8-18(9-11-19)22-20(24)21-12-17(21)14-23(28(21,25)26)13-16-6-4-3-5-7-16/h3-11,15,17H,12-14H2,1-2H3,(H,22,24)/t17-,21-/m0/s1. The number of hydrogen-bond donors (Lipinski definition) is 1. The fourth-order valence-corrected chi connectivity index (χ4v) is 6.22. The van der Waals surface area contributed by atoms with Crippen LogP contribution < -0.4 is 10.1 Å². The third-order valence-corrected chi connectivity index (χ3v) is 7.91. The summed E-state index contributed by atoms with van der Waals surface area (Å²) in [6.45, 7) is 4.57. The van der Waals surface area contributed by atoms with Gasteiger partial charge in [0.1, 0.15) is 5.75 Å². The van der Waals surface area contributed by atoms with Gasteiger partial charge in [-0.2, -0.15) is 4.31 Å². The highest BCUT2D eigenvalue weighted by atomic mass is 32.2. The molecular formula is C21H24N2O4S. The summed E-state index contributed by atoms with van der Waals surface area (Å²) in [5, 5.41) is 2.79. The van der Waals surface area contributed by atoms with Crippen molar-refractivity contribution < 1.29 is 17.9 Å². The van der Waals surface area contributed by atoms with Gasteiger partial charge in [0.15, 0.2) is 4.75 Å².